The molecule has 18 heavy (non-hydrogen) atoms. The highest BCUT2D eigenvalue weighted by Gasteiger charge is 2.08. The second-order valence-electron chi connectivity index (χ2n) is 4.01. The summed E-state index contributed by atoms with van der Waals surface area (Å²) >= 11 is 0. The Morgan fingerprint density at radius 3 is 3.00 bits per heavy atom. The maximum Gasteiger partial charge on any atom is 0.335 e. The molecule has 2 aromatic heterocycles. The molecule has 3 aromatic rings. The number of nitrogens with zero attached hydrogens (tertiary/aromatic N) is 2. The predicted molar refractivity (Wildman–Crippen MR) is 64.5 cm³/mol. The van der Waals surface area contributed by atoms with Crippen LogP contribution in [-0.2, 0) is 6.54 Å². The van der Waals surface area contributed by atoms with Crippen LogP contribution in [0.4, 0.5) is 0 Å². The lowest BCUT2D eigenvalue weighted by atomic mass is 10.2. The van der Waals surface area contributed by atoms with Crippen molar-refractivity contribution in [1.82, 2.24) is 9.55 Å². The standard InChI is InChI=1S/C13H10N2O3/c16-13(17)10-1-2-11-12(5-10)15(8-14-11)6-9-3-4-18-7-9/h1-5,7-8H,6H2,(H,16,17). The smallest absolute Gasteiger partial charge is 0.335 e. The van der Waals surface area contributed by atoms with E-state index < -0.39 is 5.97 Å². The fraction of sp³-hybridized carbons (Fsp3) is 0.0769. The molecule has 0 aliphatic heterocycles. The lowest BCUT2D eigenvalue weighted by Crippen LogP contribution is -1.99. The van der Waals surface area contributed by atoms with Crippen LogP contribution in [0.5, 0.6) is 0 Å². The minimum atomic E-state index is -0.937. The van der Waals surface area contributed by atoms with Gasteiger partial charge >= 0.3 is 5.97 Å². The van der Waals surface area contributed by atoms with Crippen molar-refractivity contribution < 1.29 is 14.3 Å². The topological polar surface area (TPSA) is 68.3 Å². The number of rotatable bonds is 3. The number of aromatic carboxylic acids is 1. The lowest BCUT2D eigenvalue weighted by molar-refractivity contribution is 0.0697. The normalized spacial score (nSPS) is 10.9. The van der Waals surface area contributed by atoms with Crippen molar-refractivity contribution in [3.63, 3.8) is 0 Å². The number of furan rings is 1. The van der Waals surface area contributed by atoms with Crippen LogP contribution in [-0.4, -0.2) is 20.6 Å². The maximum atomic E-state index is 11.0. The summed E-state index contributed by atoms with van der Waals surface area (Å²) in [5.74, 6) is -0.937. The van der Waals surface area contributed by atoms with Crippen LogP contribution in [0.1, 0.15) is 15.9 Å². The molecule has 5 nitrogen and oxygen atoms in total. The van der Waals surface area contributed by atoms with E-state index in [4.69, 9.17) is 9.52 Å². The zero-order valence-electron chi connectivity index (χ0n) is 9.41. The fourth-order valence-electron chi connectivity index (χ4n) is 1.90. The first-order valence-corrected chi connectivity index (χ1v) is 5.43. The molecule has 0 spiro atoms. The molecule has 0 saturated carbocycles. The van der Waals surface area contributed by atoms with Crippen LogP contribution in [0.25, 0.3) is 11.0 Å². The van der Waals surface area contributed by atoms with Gasteiger partial charge in [-0.05, 0) is 24.3 Å². The molecule has 0 atom stereocenters. The molecule has 3 rings (SSSR count). The van der Waals surface area contributed by atoms with Gasteiger partial charge in [0.1, 0.15) is 0 Å². The van der Waals surface area contributed by atoms with Crippen molar-refractivity contribution in [3.05, 3.63) is 54.2 Å². The van der Waals surface area contributed by atoms with E-state index in [9.17, 15) is 4.79 Å². The van der Waals surface area contributed by atoms with Gasteiger partial charge in [-0.25, -0.2) is 9.78 Å². The summed E-state index contributed by atoms with van der Waals surface area (Å²) < 4.78 is 6.90. The Morgan fingerprint density at radius 1 is 1.39 bits per heavy atom. The minimum Gasteiger partial charge on any atom is -0.478 e. The van der Waals surface area contributed by atoms with Gasteiger partial charge in [-0.15, -0.1) is 0 Å². The largest absolute Gasteiger partial charge is 0.478 e. The minimum absolute atomic E-state index is 0.261. The third-order valence-corrected chi connectivity index (χ3v) is 2.80. The van der Waals surface area contributed by atoms with E-state index >= 15 is 0 Å². The fourth-order valence-corrected chi connectivity index (χ4v) is 1.90. The van der Waals surface area contributed by atoms with Crippen molar-refractivity contribution >= 4 is 17.0 Å². The SMILES string of the molecule is O=C(O)c1ccc2ncn(Cc3ccoc3)c2c1. The van der Waals surface area contributed by atoms with Gasteiger partial charge in [0.2, 0.25) is 0 Å². The molecule has 0 aliphatic rings. The van der Waals surface area contributed by atoms with Crippen molar-refractivity contribution in [1.29, 1.82) is 0 Å². The number of hydrogen-bond donors (Lipinski definition) is 1. The van der Waals surface area contributed by atoms with Gasteiger partial charge in [0.25, 0.3) is 0 Å². The molecule has 0 amide bonds. The molecule has 0 radical (unpaired) electrons. The lowest BCUT2D eigenvalue weighted by Gasteiger charge is -2.02. The Labute approximate surface area is 102 Å². The summed E-state index contributed by atoms with van der Waals surface area (Å²) in [4.78, 5) is 15.2. The molecule has 0 bridgehead atoms. The van der Waals surface area contributed by atoms with Crippen molar-refractivity contribution in [2.75, 3.05) is 0 Å². The second kappa shape index (κ2) is 4.03. The summed E-state index contributed by atoms with van der Waals surface area (Å²) in [5, 5.41) is 8.98. The number of benzene rings is 1. The molecule has 1 aromatic carbocycles. The Kier molecular flexibility index (Phi) is 2.37. The molecule has 0 aliphatic carbocycles. The monoisotopic (exact) mass is 242 g/mol. The average Bonchev–Trinajstić information content (AvgIpc) is 2.99. The van der Waals surface area contributed by atoms with E-state index in [0.29, 0.717) is 6.54 Å². The predicted octanol–water partition coefficient (Wildman–Crippen LogP) is 2.38. The van der Waals surface area contributed by atoms with Crippen LogP contribution >= 0.6 is 0 Å². The quantitative estimate of drug-likeness (QED) is 0.765. The Hall–Kier alpha value is -2.56. The number of hydrogen-bond acceptors (Lipinski definition) is 3. The van der Waals surface area contributed by atoms with Gasteiger partial charge < -0.3 is 14.1 Å². The van der Waals surface area contributed by atoms with Gasteiger partial charge in [-0.3, -0.25) is 0 Å². The Bertz CT molecular complexity index is 698. The number of imidazole rings is 1. The van der Waals surface area contributed by atoms with E-state index in [2.05, 4.69) is 4.98 Å². The van der Waals surface area contributed by atoms with Crippen LogP contribution < -0.4 is 0 Å². The van der Waals surface area contributed by atoms with E-state index in [1.165, 1.54) is 0 Å². The van der Waals surface area contributed by atoms with Gasteiger partial charge in [-0.2, -0.15) is 0 Å². The zero-order chi connectivity index (χ0) is 12.5. The molecule has 1 N–H and O–H groups in total. The van der Waals surface area contributed by atoms with Gasteiger partial charge in [-0.1, -0.05) is 0 Å². The average molecular weight is 242 g/mol. The number of carboxylic acids is 1. The van der Waals surface area contributed by atoms with E-state index in [-0.39, 0.29) is 5.56 Å². The maximum absolute atomic E-state index is 11.0. The highest BCUT2D eigenvalue weighted by molar-refractivity contribution is 5.92. The molecule has 0 fully saturated rings. The van der Waals surface area contributed by atoms with Crippen LogP contribution in [0, 0.1) is 0 Å². The van der Waals surface area contributed by atoms with Gasteiger partial charge in [0.15, 0.2) is 0 Å². The molecule has 5 heteroatoms. The number of aromatic nitrogens is 2. The summed E-state index contributed by atoms with van der Waals surface area (Å²) in [6.45, 7) is 0.607. The van der Waals surface area contributed by atoms with Crippen LogP contribution in [0.15, 0.2) is 47.5 Å². The van der Waals surface area contributed by atoms with E-state index in [0.717, 1.165) is 16.6 Å². The first-order chi connectivity index (χ1) is 8.74. The molecule has 0 unspecified atom stereocenters. The third kappa shape index (κ3) is 1.75. The summed E-state index contributed by atoms with van der Waals surface area (Å²) in [6.07, 6.45) is 4.97. The molecular formula is C13H10N2O3. The summed E-state index contributed by atoms with van der Waals surface area (Å²) in [5.41, 5.74) is 2.85. The third-order valence-electron chi connectivity index (χ3n) is 2.80. The molecule has 2 heterocycles. The number of carbonyl (C=O) groups is 1. The molecule has 90 valence electrons. The van der Waals surface area contributed by atoms with Crippen LogP contribution in [0.3, 0.4) is 0 Å². The Morgan fingerprint density at radius 2 is 2.28 bits per heavy atom. The second-order valence-corrected chi connectivity index (χ2v) is 4.01. The Balaban J connectivity index is 2.06. The van der Waals surface area contributed by atoms with Crippen molar-refractivity contribution in [2.24, 2.45) is 0 Å². The van der Waals surface area contributed by atoms with Crippen LogP contribution in [0.2, 0.25) is 0 Å². The van der Waals surface area contributed by atoms with E-state index in [1.807, 2.05) is 10.6 Å². The summed E-state index contributed by atoms with van der Waals surface area (Å²) in [6, 6.07) is 6.77. The molecular weight excluding hydrogens is 232 g/mol. The van der Waals surface area contributed by atoms with Crippen molar-refractivity contribution in [2.45, 2.75) is 6.54 Å². The highest BCUT2D eigenvalue weighted by atomic mass is 16.4. The van der Waals surface area contributed by atoms with Crippen molar-refractivity contribution in [3.8, 4) is 0 Å². The first-order valence-electron chi connectivity index (χ1n) is 5.43. The van der Waals surface area contributed by atoms with E-state index in [1.54, 1.807) is 37.1 Å². The number of fused-ring (bicyclic) bond motifs is 1. The first kappa shape index (κ1) is 10.6. The molecule has 0 saturated heterocycles. The zero-order valence-corrected chi connectivity index (χ0v) is 9.41. The number of carboxylic acid groups (broad SMARTS) is 1. The van der Waals surface area contributed by atoms with Gasteiger partial charge in [0, 0.05) is 5.56 Å². The van der Waals surface area contributed by atoms with Gasteiger partial charge in [0.05, 0.1) is 42.0 Å². The highest BCUT2D eigenvalue weighted by Crippen LogP contribution is 2.16. The summed E-state index contributed by atoms with van der Waals surface area (Å²) in [7, 11) is 0.